The molecule has 0 fully saturated rings. The van der Waals surface area contributed by atoms with Crippen LogP contribution in [0.4, 0.5) is 11.4 Å². The molecule has 0 radical (unpaired) electrons. The zero-order chi connectivity index (χ0) is 20.2. The molecule has 7 nitrogen and oxygen atoms in total. The summed E-state index contributed by atoms with van der Waals surface area (Å²) in [6.07, 6.45) is -0.209. The van der Waals surface area contributed by atoms with Gasteiger partial charge in [-0.25, -0.2) is 13.2 Å². The summed E-state index contributed by atoms with van der Waals surface area (Å²) in [6, 6.07) is 10.4. The average Bonchev–Trinajstić information content (AvgIpc) is 2.57. The summed E-state index contributed by atoms with van der Waals surface area (Å²) in [5.74, 6) is -1.48. The molecule has 0 spiro atoms. The number of para-hydroxylation sites is 1. The molecule has 0 aromatic heterocycles. The van der Waals surface area contributed by atoms with Gasteiger partial charge in [-0.1, -0.05) is 35.3 Å². The Morgan fingerprint density at radius 2 is 1.74 bits per heavy atom. The van der Waals surface area contributed by atoms with Gasteiger partial charge in [0.25, 0.3) is 5.91 Å². The van der Waals surface area contributed by atoms with E-state index in [1.54, 1.807) is 18.2 Å². The quantitative estimate of drug-likeness (QED) is 0.682. The third-order valence-electron chi connectivity index (χ3n) is 3.28. The fourth-order valence-corrected chi connectivity index (χ4v) is 2.97. The summed E-state index contributed by atoms with van der Waals surface area (Å²) in [4.78, 5) is 24.6. The van der Waals surface area contributed by atoms with Crippen LogP contribution in [0.1, 0.15) is 17.3 Å². The maximum atomic E-state index is 12.4. The monoisotopic (exact) mass is 430 g/mol. The Balaban J connectivity index is 2.11. The van der Waals surface area contributed by atoms with Crippen LogP contribution >= 0.6 is 23.2 Å². The largest absolute Gasteiger partial charge is 0.449 e. The highest BCUT2D eigenvalue weighted by Crippen LogP contribution is 2.26. The van der Waals surface area contributed by atoms with Crippen molar-refractivity contribution in [3.8, 4) is 0 Å². The molecule has 1 atom stereocenters. The minimum atomic E-state index is -3.59. The van der Waals surface area contributed by atoms with Crippen molar-refractivity contribution in [1.29, 1.82) is 0 Å². The summed E-state index contributed by atoms with van der Waals surface area (Å²) < 4.78 is 30.2. The lowest BCUT2D eigenvalue weighted by Crippen LogP contribution is -2.30. The van der Waals surface area contributed by atoms with Crippen LogP contribution in [0.3, 0.4) is 0 Å². The van der Waals surface area contributed by atoms with Gasteiger partial charge in [0, 0.05) is 5.02 Å². The molecule has 2 aromatic carbocycles. The van der Waals surface area contributed by atoms with Crippen molar-refractivity contribution < 1.29 is 22.7 Å². The van der Waals surface area contributed by atoms with Crippen molar-refractivity contribution in [2.45, 2.75) is 13.0 Å². The first-order valence-electron chi connectivity index (χ1n) is 7.60. The lowest BCUT2D eigenvalue weighted by atomic mass is 10.2. The Kier molecular flexibility index (Phi) is 6.69. The summed E-state index contributed by atoms with van der Waals surface area (Å²) in [5, 5.41) is 3.16. The Hall–Kier alpha value is -2.29. The number of anilines is 2. The normalized spacial score (nSPS) is 12.1. The molecule has 0 bridgehead atoms. The maximum absolute atomic E-state index is 12.4. The molecule has 1 amide bonds. The van der Waals surface area contributed by atoms with Crippen LogP contribution in [0.5, 0.6) is 0 Å². The number of sulfonamides is 1. The number of benzene rings is 2. The molecule has 0 aliphatic carbocycles. The van der Waals surface area contributed by atoms with E-state index in [1.807, 2.05) is 0 Å². The molecule has 10 heteroatoms. The van der Waals surface area contributed by atoms with Crippen LogP contribution in [0.15, 0.2) is 42.5 Å². The number of hydrogen-bond donors (Lipinski definition) is 2. The van der Waals surface area contributed by atoms with Gasteiger partial charge in [-0.2, -0.15) is 0 Å². The van der Waals surface area contributed by atoms with Gasteiger partial charge in [-0.15, -0.1) is 0 Å². The molecule has 0 aliphatic rings. The molecule has 2 rings (SSSR count). The fourth-order valence-electron chi connectivity index (χ4n) is 2.06. The van der Waals surface area contributed by atoms with Gasteiger partial charge in [0.1, 0.15) is 0 Å². The van der Waals surface area contributed by atoms with Crippen molar-refractivity contribution in [2.24, 2.45) is 0 Å². The SMILES string of the molecule is CC(OC(=O)c1ccccc1NS(C)(=O)=O)C(=O)Nc1cc(Cl)ccc1Cl. The smallest absolute Gasteiger partial charge is 0.341 e. The van der Waals surface area contributed by atoms with E-state index in [9.17, 15) is 18.0 Å². The van der Waals surface area contributed by atoms with Crippen LogP contribution in [0, 0.1) is 0 Å². The lowest BCUT2D eigenvalue weighted by Gasteiger charge is -2.16. The first kappa shape index (κ1) is 21.0. The van der Waals surface area contributed by atoms with Gasteiger partial charge in [0.05, 0.1) is 28.2 Å². The summed E-state index contributed by atoms with van der Waals surface area (Å²) in [6.45, 7) is 1.37. The molecule has 0 heterocycles. The second-order valence-electron chi connectivity index (χ2n) is 5.58. The zero-order valence-corrected chi connectivity index (χ0v) is 16.7. The highest BCUT2D eigenvalue weighted by Gasteiger charge is 2.22. The van der Waals surface area contributed by atoms with Crippen LogP contribution in [0.25, 0.3) is 0 Å². The summed E-state index contributed by atoms with van der Waals surface area (Å²) in [5.41, 5.74) is 0.301. The van der Waals surface area contributed by atoms with E-state index in [0.717, 1.165) is 6.26 Å². The molecule has 2 aromatic rings. The molecule has 1 unspecified atom stereocenters. The second kappa shape index (κ2) is 8.60. The highest BCUT2D eigenvalue weighted by molar-refractivity contribution is 7.92. The number of carbonyl (C=O) groups excluding carboxylic acids is 2. The predicted octanol–water partition coefficient (Wildman–Crippen LogP) is 3.55. The number of nitrogens with one attached hydrogen (secondary N) is 2. The van der Waals surface area contributed by atoms with E-state index < -0.39 is 28.0 Å². The fraction of sp³-hybridized carbons (Fsp3) is 0.176. The Bertz CT molecular complexity index is 979. The summed E-state index contributed by atoms with van der Waals surface area (Å²) >= 11 is 11.8. The molecular weight excluding hydrogens is 415 g/mol. The Morgan fingerprint density at radius 3 is 2.41 bits per heavy atom. The van der Waals surface area contributed by atoms with E-state index in [0.29, 0.717) is 5.02 Å². The van der Waals surface area contributed by atoms with Gasteiger partial charge in [0.2, 0.25) is 10.0 Å². The van der Waals surface area contributed by atoms with Crippen molar-refractivity contribution >= 4 is 56.5 Å². The van der Waals surface area contributed by atoms with Crippen LogP contribution in [-0.2, 0) is 19.6 Å². The van der Waals surface area contributed by atoms with Crippen molar-refractivity contribution in [3.05, 3.63) is 58.1 Å². The highest BCUT2D eigenvalue weighted by atomic mass is 35.5. The van der Waals surface area contributed by atoms with Crippen LogP contribution in [0.2, 0.25) is 10.0 Å². The standard InChI is InChI=1S/C17H16Cl2N2O5S/c1-10(16(22)20-15-9-11(18)7-8-13(15)19)26-17(23)12-5-3-4-6-14(12)21-27(2,24)25/h3-10,21H,1-2H3,(H,20,22). The molecule has 2 N–H and O–H groups in total. The van der Waals surface area contributed by atoms with Gasteiger partial charge in [0.15, 0.2) is 6.10 Å². The van der Waals surface area contributed by atoms with Crippen LogP contribution < -0.4 is 10.0 Å². The first-order valence-corrected chi connectivity index (χ1v) is 10.3. The number of halogens is 2. The number of amides is 1. The minimum Gasteiger partial charge on any atom is -0.449 e. The van der Waals surface area contributed by atoms with Gasteiger partial charge < -0.3 is 10.1 Å². The summed E-state index contributed by atoms with van der Waals surface area (Å²) in [7, 11) is -3.59. The minimum absolute atomic E-state index is 0.0247. The first-order chi connectivity index (χ1) is 12.6. The van der Waals surface area contributed by atoms with E-state index >= 15 is 0 Å². The Morgan fingerprint density at radius 1 is 1.07 bits per heavy atom. The van der Waals surface area contributed by atoms with E-state index in [4.69, 9.17) is 27.9 Å². The number of carbonyl (C=O) groups is 2. The van der Waals surface area contributed by atoms with E-state index in [2.05, 4.69) is 10.0 Å². The molecule has 27 heavy (non-hydrogen) atoms. The predicted molar refractivity (Wildman–Crippen MR) is 105 cm³/mol. The van der Waals surface area contributed by atoms with Crippen LogP contribution in [-0.4, -0.2) is 32.7 Å². The van der Waals surface area contributed by atoms with Crippen molar-refractivity contribution in [3.63, 3.8) is 0 Å². The number of hydrogen-bond acceptors (Lipinski definition) is 5. The number of ether oxygens (including phenoxy) is 1. The van der Waals surface area contributed by atoms with Gasteiger partial charge >= 0.3 is 5.97 Å². The van der Waals surface area contributed by atoms with Crippen molar-refractivity contribution in [1.82, 2.24) is 0 Å². The maximum Gasteiger partial charge on any atom is 0.341 e. The van der Waals surface area contributed by atoms with Gasteiger partial charge in [-0.05, 0) is 37.3 Å². The molecule has 0 saturated heterocycles. The number of esters is 1. The lowest BCUT2D eigenvalue weighted by molar-refractivity contribution is -0.123. The van der Waals surface area contributed by atoms with E-state index in [1.165, 1.54) is 31.2 Å². The topological polar surface area (TPSA) is 102 Å². The molecule has 144 valence electrons. The zero-order valence-electron chi connectivity index (χ0n) is 14.3. The number of rotatable bonds is 6. The van der Waals surface area contributed by atoms with Crippen molar-refractivity contribution in [2.75, 3.05) is 16.3 Å². The average molecular weight is 431 g/mol. The third-order valence-corrected chi connectivity index (χ3v) is 4.44. The van der Waals surface area contributed by atoms with E-state index in [-0.39, 0.29) is 22.0 Å². The third kappa shape index (κ3) is 6.13. The Labute approximate surface area is 166 Å². The second-order valence-corrected chi connectivity index (χ2v) is 8.17. The molecular formula is C17H16Cl2N2O5S. The van der Waals surface area contributed by atoms with Gasteiger partial charge in [-0.3, -0.25) is 9.52 Å². The molecule has 0 aliphatic heterocycles. The molecule has 0 saturated carbocycles.